The predicted octanol–water partition coefficient (Wildman–Crippen LogP) is 5.24. The minimum Gasteiger partial charge on any atom is -0.392 e. The first-order valence-electron chi connectivity index (χ1n) is 12.9. The van der Waals surface area contributed by atoms with E-state index < -0.39 is 37.4 Å². The minimum atomic E-state index is -3.73. The highest BCUT2D eigenvalue weighted by atomic mass is 32.2. The van der Waals surface area contributed by atoms with Gasteiger partial charge in [-0.3, -0.25) is 9.97 Å². The molecule has 0 saturated carbocycles. The lowest BCUT2D eigenvalue weighted by Gasteiger charge is -2.21. The summed E-state index contributed by atoms with van der Waals surface area (Å²) in [6.07, 6.45) is 3.60. The molecule has 7 nitrogen and oxygen atoms in total. The number of allylic oxidation sites excluding steroid dienone is 2. The molecule has 0 radical (unpaired) electrons. The molecule has 206 valence electrons. The average molecular weight is 567 g/mol. The molecule has 1 N–H and O–H groups in total. The van der Waals surface area contributed by atoms with E-state index in [1.165, 1.54) is 6.20 Å². The summed E-state index contributed by atoms with van der Waals surface area (Å²) in [5.41, 5.74) is 2.68. The topological polar surface area (TPSA) is 114 Å². The summed E-state index contributed by atoms with van der Waals surface area (Å²) in [4.78, 5) is 8.89. The van der Waals surface area contributed by atoms with Gasteiger partial charge in [-0.25, -0.2) is 16.8 Å². The van der Waals surface area contributed by atoms with Crippen LogP contribution in [0.2, 0.25) is 0 Å². The average Bonchev–Trinajstić information content (AvgIpc) is 2.87. The van der Waals surface area contributed by atoms with Crippen LogP contribution in [0.3, 0.4) is 0 Å². The SMILES string of the molecule is CC(C)/C=C(\CC(C)C(O)CS(=O)(=O)Cc1cnc2ccccc2c1)S(=O)(=O)Cc1cnc2ccccc2c1. The maximum Gasteiger partial charge on any atom is 0.178 e. The van der Waals surface area contributed by atoms with E-state index in [1.807, 2.05) is 68.4 Å². The fourth-order valence-electron chi connectivity index (χ4n) is 4.56. The van der Waals surface area contributed by atoms with E-state index in [-0.39, 0.29) is 28.7 Å². The molecule has 0 saturated heterocycles. The van der Waals surface area contributed by atoms with E-state index in [0.717, 1.165) is 21.8 Å². The second-order valence-corrected chi connectivity index (χ2v) is 14.7. The second-order valence-electron chi connectivity index (χ2n) is 10.5. The maximum absolute atomic E-state index is 13.5. The van der Waals surface area contributed by atoms with E-state index in [1.54, 1.807) is 25.3 Å². The predicted molar refractivity (Wildman–Crippen MR) is 156 cm³/mol. The smallest absolute Gasteiger partial charge is 0.178 e. The highest BCUT2D eigenvalue weighted by molar-refractivity contribution is 7.94. The number of fused-ring (bicyclic) bond motifs is 2. The number of hydrogen-bond donors (Lipinski definition) is 1. The van der Waals surface area contributed by atoms with Crippen LogP contribution in [0, 0.1) is 11.8 Å². The fraction of sp³-hybridized carbons (Fsp3) is 0.333. The molecule has 0 aliphatic carbocycles. The number of aliphatic hydroxyl groups is 1. The van der Waals surface area contributed by atoms with Crippen molar-refractivity contribution in [1.29, 1.82) is 0 Å². The van der Waals surface area contributed by atoms with Crippen LogP contribution in [0.5, 0.6) is 0 Å². The summed E-state index contributed by atoms with van der Waals surface area (Å²) in [6, 6.07) is 18.6. The summed E-state index contributed by atoms with van der Waals surface area (Å²) in [7, 11) is -7.41. The van der Waals surface area contributed by atoms with Crippen molar-refractivity contribution in [2.24, 2.45) is 11.8 Å². The van der Waals surface area contributed by atoms with Crippen molar-refractivity contribution in [3.63, 3.8) is 0 Å². The monoisotopic (exact) mass is 566 g/mol. The molecule has 0 aliphatic heterocycles. The standard InChI is InChI=1S/C30H34N2O5S2/c1-21(2)12-27(39(36,37)19-24-15-26-9-5-7-11-29(26)32-17-24)13-22(3)30(33)20-38(34,35)18-23-14-25-8-4-6-10-28(25)31-16-23/h4-12,14-17,21-22,30,33H,13,18-20H2,1-3H3/b27-12+. The van der Waals surface area contributed by atoms with Crippen molar-refractivity contribution in [2.45, 2.75) is 44.8 Å². The van der Waals surface area contributed by atoms with Gasteiger partial charge in [-0.1, -0.05) is 63.2 Å². The summed E-state index contributed by atoms with van der Waals surface area (Å²) in [5.74, 6) is -1.58. The zero-order valence-corrected chi connectivity index (χ0v) is 24.0. The van der Waals surface area contributed by atoms with Crippen LogP contribution in [0.1, 0.15) is 38.3 Å². The number of aromatic nitrogens is 2. The number of benzene rings is 2. The van der Waals surface area contributed by atoms with E-state index >= 15 is 0 Å². The van der Waals surface area contributed by atoms with Gasteiger partial charge in [0, 0.05) is 28.1 Å². The molecule has 0 amide bonds. The van der Waals surface area contributed by atoms with Gasteiger partial charge in [-0.2, -0.15) is 0 Å². The van der Waals surface area contributed by atoms with Crippen molar-refractivity contribution in [1.82, 2.24) is 9.97 Å². The van der Waals surface area contributed by atoms with E-state index in [9.17, 15) is 21.9 Å². The molecule has 39 heavy (non-hydrogen) atoms. The Kier molecular flexibility index (Phi) is 8.83. The number of nitrogens with zero attached hydrogens (tertiary/aromatic N) is 2. The van der Waals surface area contributed by atoms with Crippen LogP contribution in [-0.2, 0) is 31.2 Å². The molecule has 4 aromatic rings. The summed E-state index contributed by atoms with van der Waals surface area (Å²) in [5, 5.41) is 12.5. The van der Waals surface area contributed by atoms with E-state index in [4.69, 9.17) is 0 Å². The third kappa shape index (κ3) is 7.71. The lowest BCUT2D eigenvalue weighted by atomic mass is 10.0. The van der Waals surface area contributed by atoms with Gasteiger partial charge < -0.3 is 5.11 Å². The molecule has 2 aromatic carbocycles. The van der Waals surface area contributed by atoms with Gasteiger partial charge in [0.05, 0.1) is 34.4 Å². The Hall–Kier alpha value is -3.14. The molecular formula is C30H34N2O5S2. The van der Waals surface area contributed by atoms with Gasteiger partial charge in [-0.05, 0) is 53.6 Å². The number of para-hydroxylation sites is 2. The van der Waals surface area contributed by atoms with E-state index in [0.29, 0.717) is 11.1 Å². The lowest BCUT2D eigenvalue weighted by molar-refractivity contribution is 0.138. The van der Waals surface area contributed by atoms with Crippen molar-refractivity contribution in [3.8, 4) is 0 Å². The fourth-order valence-corrected chi connectivity index (χ4v) is 7.98. The summed E-state index contributed by atoms with van der Waals surface area (Å²) < 4.78 is 52.8. The van der Waals surface area contributed by atoms with Gasteiger partial charge in [0.1, 0.15) is 0 Å². The zero-order valence-electron chi connectivity index (χ0n) is 22.4. The van der Waals surface area contributed by atoms with Crippen molar-refractivity contribution >= 4 is 41.5 Å². The number of pyridine rings is 2. The Morgan fingerprint density at radius 1 is 0.821 bits per heavy atom. The van der Waals surface area contributed by atoms with Gasteiger partial charge in [0.15, 0.2) is 19.7 Å². The van der Waals surface area contributed by atoms with Crippen molar-refractivity contribution in [3.05, 3.63) is 95.2 Å². The molecule has 2 aromatic heterocycles. The normalized spacial score (nSPS) is 14.6. The third-order valence-electron chi connectivity index (χ3n) is 6.56. The van der Waals surface area contributed by atoms with Crippen LogP contribution in [-0.4, -0.2) is 43.8 Å². The molecule has 2 heterocycles. The lowest BCUT2D eigenvalue weighted by Crippen LogP contribution is -2.29. The van der Waals surface area contributed by atoms with E-state index in [2.05, 4.69) is 9.97 Å². The third-order valence-corrected chi connectivity index (χ3v) is 10.00. The summed E-state index contributed by atoms with van der Waals surface area (Å²) in [6.45, 7) is 5.45. The Morgan fingerprint density at radius 3 is 1.87 bits per heavy atom. The first-order chi connectivity index (χ1) is 18.4. The van der Waals surface area contributed by atoms with Crippen LogP contribution in [0.4, 0.5) is 0 Å². The maximum atomic E-state index is 13.5. The minimum absolute atomic E-state index is 0.0374. The Balaban J connectivity index is 1.46. The van der Waals surface area contributed by atoms with Gasteiger partial charge in [0.25, 0.3) is 0 Å². The first kappa shape index (κ1) is 28.9. The van der Waals surface area contributed by atoms with Crippen LogP contribution >= 0.6 is 0 Å². The molecule has 0 fully saturated rings. The van der Waals surface area contributed by atoms with Crippen molar-refractivity contribution < 1.29 is 21.9 Å². The molecule has 0 spiro atoms. The largest absolute Gasteiger partial charge is 0.392 e. The van der Waals surface area contributed by atoms with Gasteiger partial charge >= 0.3 is 0 Å². The number of rotatable bonds is 11. The van der Waals surface area contributed by atoms with Crippen LogP contribution in [0.25, 0.3) is 21.8 Å². The highest BCUT2D eigenvalue weighted by Crippen LogP contribution is 2.27. The molecule has 0 bridgehead atoms. The van der Waals surface area contributed by atoms with Gasteiger partial charge in [0.2, 0.25) is 0 Å². The molecule has 2 atom stereocenters. The summed E-state index contributed by atoms with van der Waals surface area (Å²) >= 11 is 0. The number of sulfone groups is 2. The number of aliphatic hydroxyl groups excluding tert-OH is 1. The first-order valence-corrected chi connectivity index (χ1v) is 16.4. The number of hydrogen-bond acceptors (Lipinski definition) is 7. The second kappa shape index (κ2) is 11.9. The zero-order chi connectivity index (χ0) is 28.2. The quantitative estimate of drug-likeness (QED) is 0.264. The van der Waals surface area contributed by atoms with Crippen molar-refractivity contribution in [2.75, 3.05) is 5.75 Å². The molecule has 2 unspecified atom stereocenters. The highest BCUT2D eigenvalue weighted by Gasteiger charge is 2.28. The molecule has 0 aliphatic rings. The Morgan fingerprint density at radius 2 is 1.33 bits per heavy atom. The van der Waals surface area contributed by atoms with Crippen LogP contribution < -0.4 is 0 Å². The Bertz CT molecular complexity index is 1710. The molecular weight excluding hydrogens is 532 g/mol. The van der Waals surface area contributed by atoms with Gasteiger partial charge in [-0.15, -0.1) is 0 Å². The molecule has 4 rings (SSSR count). The Labute approximate surface area is 230 Å². The van der Waals surface area contributed by atoms with Crippen LogP contribution in [0.15, 0.2) is 84.0 Å². The molecule has 9 heteroatoms.